The van der Waals surface area contributed by atoms with Gasteiger partial charge in [0.2, 0.25) is 0 Å². The maximum absolute atomic E-state index is 11.5. The lowest BCUT2D eigenvalue weighted by Gasteiger charge is -2.04. The van der Waals surface area contributed by atoms with Gasteiger partial charge in [0, 0.05) is 10.6 Å². The van der Waals surface area contributed by atoms with Gasteiger partial charge < -0.3 is 0 Å². The Bertz CT molecular complexity index is 607. The summed E-state index contributed by atoms with van der Waals surface area (Å²) in [5.41, 5.74) is 2.27. The number of benzene rings is 1. The summed E-state index contributed by atoms with van der Waals surface area (Å²) in [6.45, 7) is 1.91. The fourth-order valence-electron chi connectivity index (χ4n) is 1.64. The maximum atomic E-state index is 11.5. The second-order valence-corrected chi connectivity index (χ2v) is 4.39. The number of carbonyl (C=O) groups excluding carboxylic acids is 2. The zero-order chi connectivity index (χ0) is 13.1. The molecule has 1 aliphatic rings. The molecule has 0 aromatic heterocycles. The van der Waals surface area contributed by atoms with E-state index in [1.807, 2.05) is 25.1 Å². The molecule has 0 radical (unpaired) electrons. The van der Waals surface area contributed by atoms with E-state index in [2.05, 4.69) is 0 Å². The lowest BCUT2D eigenvalue weighted by molar-refractivity contribution is -0.114. The molecule has 0 fully saturated rings. The lowest BCUT2D eigenvalue weighted by atomic mass is 10.0. The molecule has 0 saturated heterocycles. The largest absolute Gasteiger partial charge is 0.290 e. The molecule has 0 heterocycles. The number of halogens is 1. The number of allylic oxidation sites excluding steroid dienone is 5. The van der Waals surface area contributed by atoms with Gasteiger partial charge in [-0.3, -0.25) is 9.59 Å². The van der Waals surface area contributed by atoms with Gasteiger partial charge in [0.05, 0.1) is 0 Å². The number of hydrogen-bond acceptors (Lipinski definition) is 2. The predicted octanol–water partition coefficient (Wildman–Crippen LogP) is 3.30. The molecule has 0 saturated carbocycles. The summed E-state index contributed by atoms with van der Waals surface area (Å²) < 4.78 is 0. The van der Waals surface area contributed by atoms with Crippen LogP contribution < -0.4 is 0 Å². The highest BCUT2D eigenvalue weighted by Crippen LogP contribution is 2.20. The van der Waals surface area contributed by atoms with Crippen LogP contribution >= 0.6 is 11.6 Å². The van der Waals surface area contributed by atoms with Gasteiger partial charge in [0.25, 0.3) is 0 Å². The van der Waals surface area contributed by atoms with Gasteiger partial charge in [-0.05, 0) is 42.3 Å². The summed E-state index contributed by atoms with van der Waals surface area (Å²) in [4.78, 5) is 22.7. The normalized spacial score (nSPS) is 15.3. The number of carbonyl (C=O) groups is 2. The van der Waals surface area contributed by atoms with E-state index in [9.17, 15) is 9.59 Å². The second kappa shape index (κ2) is 5.15. The van der Waals surface area contributed by atoms with Crippen molar-refractivity contribution in [1.82, 2.24) is 0 Å². The van der Waals surface area contributed by atoms with Crippen molar-refractivity contribution in [2.24, 2.45) is 0 Å². The predicted molar refractivity (Wildman–Crippen MR) is 72.5 cm³/mol. The van der Waals surface area contributed by atoms with Crippen LogP contribution in [0.5, 0.6) is 0 Å². The molecular formula is C15H11ClO2. The topological polar surface area (TPSA) is 34.1 Å². The Morgan fingerprint density at radius 2 is 1.89 bits per heavy atom. The average molecular weight is 259 g/mol. The van der Waals surface area contributed by atoms with E-state index in [-0.39, 0.29) is 11.6 Å². The Kier molecular flexibility index (Phi) is 3.58. The summed E-state index contributed by atoms with van der Waals surface area (Å²) in [6, 6.07) is 5.56. The molecule has 0 atom stereocenters. The number of ketones is 2. The molecule has 0 aliphatic heterocycles. The molecule has 2 nitrogen and oxygen atoms in total. The van der Waals surface area contributed by atoms with Crippen molar-refractivity contribution in [1.29, 1.82) is 0 Å². The number of hydrogen-bond donors (Lipinski definition) is 0. The van der Waals surface area contributed by atoms with Crippen LogP contribution in [0.1, 0.15) is 11.1 Å². The summed E-state index contributed by atoms with van der Waals surface area (Å²) in [6.07, 6.45) is 7.32. The highest BCUT2D eigenvalue weighted by atomic mass is 35.5. The smallest absolute Gasteiger partial charge is 0.186 e. The first-order valence-corrected chi connectivity index (χ1v) is 5.87. The summed E-state index contributed by atoms with van der Waals surface area (Å²) in [5, 5.41) is 0.678. The van der Waals surface area contributed by atoms with Crippen LogP contribution in [0.3, 0.4) is 0 Å². The van der Waals surface area contributed by atoms with Crippen molar-refractivity contribution < 1.29 is 9.59 Å². The molecule has 1 aromatic carbocycles. The maximum Gasteiger partial charge on any atom is 0.186 e. The quantitative estimate of drug-likeness (QED) is 0.763. The highest BCUT2D eigenvalue weighted by Gasteiger charge is 2.10. The highest BCUT2D eigenvalue weighted by molar-refractivity contribution is 6.31. The van der Waals surface area contributed by atoms with E-state index in [4.69, 9.17) is 11.6 Å². The van der Waals surface area contributed by atoms with E-state index in [0.717, 1.165) is 11.1 Å². The molecule has 0 unspecified atom stereocenters. The Balaban J connectivity index is 2.29. The molecule has 0 spiro atoms. The van der Waals surface area contributed by atoms with Gasteiger partial charge >= 0.3 is 0 Å². The minimum absolute atomic E-state index is 0.162. The van der Waals surface area contributed by atoms with E-state index >= 15 is 0 Å². The second-order valence-electron chi connectivity index (χ2n) is 3.99. The lowest BCUT2D eigenvalue weighted by Crippen LogP contribution is -2.05. The van der Waals surface area contributed by atoms with Crippen LogP contribution in [0.2, 0.25) is 5.02 Å². The Morgan fingerprint density at radius 3 is 2.67 bits per heavy atom. The van der Waals surface area contributed by atoms with Crippen molar-refractivity contribution in [2.45, 2.75) is 6.92 Å². The zero-order valence-corrected chi connectivity index (χ0v) is 10.6. The molecular weight excluding hydrogens is 248 g/mol. The first-order valence-electron chi connectivity index (χ1n) is 5.49. The molecule has 18 heavy (non-hydrogen) atoms. The third-order valence-electron chi connectivity index (χ3n) is 2.73. The van der Waals surface area contributed by atoms with Gasteiger partial charge in [0.15, 0.2) is 11.6 Å². The minimum atomic E-state index is -0.169. The summed E-state index contributed by atoms with van der Waals surface area (Å²) in [7, 11) is 0. The molecule has 90 valence electrons. The minimum Gasteiger partial charge on any atom is -0.290 e. The van der Waals surface area contributed by atoms with Gasteiger partial charge in [-0.1, -0.05) is 35.9 Å². The van der Waals surface area contributed by atoms with E-state index in [0.29, 0.717) is 10.6 Å². The van der Waals surface area contributed by atoms with Gasteiger partial charge in [-0.2, -0.15) is 0 Å². The molecule has 2 rings (SSSR count). The van der Waals surface area contributed by atoms with Gasteiger partial charge in [-0.25, -0.2) is 0 Å². The van der Waals surface area contributed by atoms with Crippen molar-refractivity contribution in [2.75, 3.05) is 0 Å². The molecule has 3 heteroatoms. The molecule has 0 N–H and O–H groups in total. The first-order chi connectivity index (χ1) is 8.58. The van der Waals surface area contributed by atoms with Crippen LogP contribution in [-0.2, 0) is 9.59 Å². The van der Waals surface area contributed by atoms with E-state index < -0.39 is 0 Å². The molecule has 0 bridgehead atoms. The molecule has 1 aliphatic carbocycles. The van der Waals surface area contributed by atoms with Crippen molar-refractivity contribution in [3.8, 4) is 0 Å². The SMILES string of the molecule is Cc1c(Cl)cccc1/C=C/C1=CC(=O)C=CC1=O. The first kappa shape index (κ1) is 12.5. The Morgan fingerprint density at radius 1 is 1.11 bits per heavy atom. The van der Waals surface area contributed by atoms with Crippen LogP contribution in [-0.4, -0.2) is 11.6 Å². The monoisotopic (exact) mass is 258 g/mol. The van der Waals surface area contributed by atoms with E-state index in [1.54, 1.807) is 12.2 Å². The van der Waals surface area contributed by atoms with Gasteiger partial charge in [-0.15, -0.1) is 0 Å². The molecule has 0 amide bonds. The summed E-state index contributed by atoms with van der Waals surface area (Å²) >= 11 is 6.01. The van der Waals surface area contributed by atoms with E-state index in [1.165, 1.54) is 18.2 Å². The third kappa shape index (κ3) is 2.66. The fourth-order valence-corrected chi connectivity index (χ4v) is 1.82. The van der Waals surface area contributed by atoms with Gasteiger partial charge in [0.1, 0.15) is 0 Å². The van der Waals surface area contributed by atoms with Crippen molar-refractivity contribution in [3.05, 3.63) is 64.2 Å². The average Bonchev–Trinajstić information content (AvgIpc) is 2.35. The molecule has 1 aromatic rings. The standard InChI is InChI=1S/C15H11ClO2/c1-10-11(3-2-4-14(10)16)5-6-12-9-13(17)7-8-15(12)18/h2-9H,1H3/b6-5+. The Labute approximate surface area is 110 Å². The van der Waals surface area contributed by atoms with Crippen LogP contribution in [0.25, 0.3) is 6.08 Å². The zero-order valence-electron chi connectivity index (χ0n) is 9.81. The third-order valence-corrected chi connectivity index (χ3v) is 3.14. The number of rotatable bonds is 2. The van der Waals surface area contributed by atoms with Crippen molar-refractivity contribution >= 4 is 29.2 Å². The van der Waals surface area contributed by atoms with Crippen molar-refractivity contribution in [3.63, 3.8) is 0 Å². The Hall–Kier alpha value is -1.93. The summed E-state index contributed by atoms with van der Waals surface area (Å²) in [5.74, 6) is -0.331. The fraction of sp³-hybridized carbons (Fsp3) is 0.0667. The van der Waals surface area contributed by atoms with Crippen LogP contribution in [0, 0.1) is 6.92 Å². The van der Waals surface area contributed by atoms with Crippen LogP contribution in [0.15, 0.2) is 48.1 Å². The van der Waals surface area contributed by atoms with Crippen LogP contribution in [0.4, 0.5) is 0 Å².